The summed E-state index contributed by atoms with van der Waals surface area (Å²) in [4.78, 5) is 18.8. The lowest BCUT2D eigenvalue weighted by atomic mass is 10.1. The Kier molecular flexibility index (Phi) is 6.06. The number of hydrogen-bond acceptors (Lipinski definition) is 6. The predicted molar refractivity (Wildman–Crippen MR) is 92.5 cm³/mol. The maximum absolute atomic E-state index is 11.4. The van der Waals surface area contributed by atoms with Gasteiger partial charge in [-0.15, -0.1) is 0 Å². The van der Waals surface area contributed by atoms with Crippen LogP contribution in [0, 0.1) is 16.0 Å². The lowest BCUT2D eigenvalue weighted by Crippen LogP contribution is -2.09. The average Bonchev–Trinajstić information content (AvgIpc) is 2.55. The van der Waals surface area contributed by atoms with Crippen molar-refractivity contribution in [2.45, 2.75) is 33.6 Å². The van der Waals surface area contributed by atoms with E-state index in [2.05, 4.69) is 36.1 Å². The van der Waals surface area contributed by atoms with E-state index in [0.29, 0.717) is 18.2 Å². The fraction of sp³-hybridized carbons (Fsp3) is 0.412. The molecule has 7 nitrogen and oxygen atoms in total. The summed E-state index contributed by atoms with van der Waals surface area (Å²) in [5.41, 5.74) is 0.913. The molecule has 0 saturated carbocycles. The second-order valence-electron chi connectivity index (χ2n) is 5.84. The molecule has 0 unspecified atom stereocenters. The fourth-order valence-electron chi connectivity index (χ4n) is 2.12. The quantitative estimate of drug-likeness (QED) is 0.576. The number of ether oxygens (including phenoxy) is 1. The molecule has 0 aliphatic carbocycles. The maximum atomic E-state index is 11.4. The van der Waals surface area contributed by atoms with Gasteiger partial charge in [-0.05, 0) is 36.5 Å². The van der Waals surface area contributed by atoms with E-state index >= 15 is 0 Å². The molecule has 1 N–H and O–H groups in total. The first-order valence-corrected chi connectivity index (χ1v) is 8.01. The Labute approximate surface area is 141 Å². The second-order valence-corrected chi connectivity index (χ2v) is 5.84. The van der Waals surface area contributed by atoms with Gasteiger partial charge in [0.1, 0.15) is 12.1 Å². The van der Waals surface area contributed by atoms with Gasteiger partial charge in [0.25, 0.3) is 0 Å². The number of rotatable bonds is 8. The van der Waals surface area contributed by atoms with Crippen molar-refractivity contribution < 1.29 is 9.66 Å². The molecule has 2 rings (SSSR count). The van der Waals surface area contributed by atoms with E-state index < -0.39 is 4.92 Å². The van der Waals surface area contributed by atoms with Gasteiger partial charge in [0.05, 0.1) is 4.92 Å². The third-order valence-electron chi connectivity index (χ3n) is 3.53. The summed E-state index contributed by atoms with van der Waals surface area (Å²) in [6.45, 7) is 6.83. The Morgan fingerprint density at radius 1 is 1.25 bits per heavy atom. The Morgan fingerprint density at radius 3 is 2.54 bits per heavy atom. The molecule has 1 heterocycles. The van der Waals surface area contributed by atoms with E-state index in [4.69, 9.17) is 4.74 Å². The summed E-state index contributed by atoms with van der Waals surface area (Å²) in [6.07, 6.45) is 3.06. The van der Waals surface area contributed by atoms with Crippen LogP contribution in [0.3, 0.4) is 0 Å². The van der Waals surface area contributed by atoms with Crippen molar-refractivity contribution in [2.24, 2.45) is 5.92 Å². The average molecular weight is 330 g/mol. The number of aryl methyl sites for hydroxylation is 1. The lowest BCUT2D eigenvalue weighted by molar-refractivity contribution is -0.385. The van der Waals surface area contributed by atoms with Crippen LogP contribution in [0.15, 0.2) is 30.6 Å². The molecule has 0 radical (unpaired) electrons. The van der Waals surface area contributed by atoms with Gasteiger partial charge in [0.15, 0.2) is 0 Å². The van der Waals surface area contributed by atoms with Crippen LogP contribution in [0.25, 0.3) is 0 Å². The largest absolute Gasteiger partial charge is 0.434 e. The van der Waals surface area contributed by atoms with Crippen LogP contribution in [0.1, 0.15) is 32.8 Å². The van der Waals surface area contributed by atoms with Gasteiger partial charge < -0.3 is 10.1 Å². The van der Waals surface area contributed by atoms with Gasteiger partial charge >= 0.3 is 11.6 Å². The minimum absolute atomic E-state index is 0.0636. The summed E-state index contributed by atoms with van der Waals surface area (Å²) in [5, 5.41) is 14.4. The summed E-state index contributed by atoms with van der Waals surface area (Å²) in [6, 6.07) is 7.39. The molecule has 0 spiro atoms. The van der Waals surface area contributed by atoms with Crippen LogP contribution < -0.4 is 10.1 Å². The summed E-state index contributed by atoms with van der Waals surface area (Å²) >= 11 is 0. The molecule has 7 heteroatoms. The molecule has 0 bridgehead atoms. The van der Waals surface area contributed by atoms with Gasteiger partial charge in [0.2, 0.25) is 5.82 Å². The SMILES string of the molecule is CCc1ccc(Oc2ncnc(NCCC(C)C)c2[N+](=O)[O-])cc1. The molecule has 2 aromatic rings. The Balaban J connectivity index is 2.23. The molecule has 0 fully saturated rings. The molecular weight excluding hydrogens is 308 g/mol. The number of aromatic nitrogens is 2. The Hall–Kier alpha value is -2.70. The zero-order chi connectivity index (χ0) is 17.5. The zero-order valence-corrected chi connectivity index (χ0v) is 14.2. The van der Waals surface area contributed by atoms with Gasteiger partial charge in [-0.3, -0.25) is 10.1 Å². The molecule has 24 heavy (non-hydrogen) atoms. The maximum Gasteiger partial charge on any atom is 0.373 e. The molecule has 1 aromatic carbocycles. The normalized spacial score (nSPS) is 10.7. The fourth-order valence-corrected chi connectivity index (χ4v) is 2.12. The number of nitrogens with zero attached hydrogens (tertiary/aromatic N) is 3. The lowest BCUT2D eigenvalue weighted by Gasteiger charge is -2.10. The van der Waals surface area contributed by atoms with Crippen LogP contribution in [0.5, 0.6) is 11.6 Å². The zero-order valence-electron chi connectivity index (χ0n) is 14.2. The topological polar surface area (TPSA) is 90.2 Å². The highest BCUT2D eigenvalue weighted by Gasteiger charge is 2.24. The number of benzene rings is 1. The van der Waals surface area contributed by atoms with E-state index in [1.165, 1.54) is 6.33 Å². The van der Waals surface area contributed by atoms with Crippen LogP contribution in [-0.2, 0) is 6.42 Å². The van der Waals surface area contributed by atoms with Crippen LogP contribution in [-0.4, -0.2) is 21.4 Å². The molecule has 0 aliphatic rings. The van der Waals surface area contributed by atoms with Crippen molar-refractivity contribution in [2.75, 3.05) is 11.9 Å². The van der Waals surface area contributed by atoms with Crippen molar-refractivity contribution in [3.63, 3.8) is 0 Å². The minimum Gasteiger partial charge on any atom is -0.434 e. The van der Waals surface area contributed by atoms with Crippen molar-refractivity contribution in [1.29, 1.82) is 0 Å². The third kappa shape index (κ3) is 4.65. The van der Waals surface area contributed by atoms with Crippen LogP contribution in [0.4, 0.5) is 11.5 Å². The van der Waals surface area contributed by atoms with Gasteiger partial charge in [-0.2, -0.15) is 4.98 Å². The molecule has 0 aliphatic heterocycles. The Morgan fingerprint density at radius 2 is 1.96 bits per heavy atom. The number of hydrogen-bond donors (Lipinski definition) is 1. The van der Waals surface area contributed by atoms with Crippen molar-refractivity contribution in [1.82, 2.24) is 9.97 Å². The minimum atomic E-state index is -0.520. The number of anilines is 1. The van der Waals surface area contributed by atoms with Gasteiger partial charge in [-0.25, -0.2) is 4.98 Å². The van der Waals surface area contributed by atoms with E-state index in [-0.39, 0.29) is 17.4 Å². The highest BCUT2D eigenvalue weighted by atomic mass is 16.6. The van der Waals surface area contributed by atoms with Crippen molar-refractivity contribution >= 4 is 11.5 Å². The van der Waals surface area contributed by atoms with Crippen molar-refractivity contribution in [3.8, 4) is 11.6 Å². The monoisotopic (exact) mass is 330 g/mol. The second kappa shape index (κ2) is 8.24. The molecule has 128 valence electrons. The number of nitrogens with one attached hydrogen (secondary N) is 1. The van der Waals surface area contributed by atoms with Gasteiger partial charge in [-0.1, -0.05) is 32.9 Å². The van der Waals surface area contributed by atoms with Crippen LogP contribution >= 0.6 is 0 Å². The standard InChI is InChI=1S/C17H22N4O3/c1-4-13-5-7-14(8-6-13)24-17-15(21(22)23)16(19-11-20-17)18-10-9-12(2)3/h5-8,11-12H,4,9-10H2,1-3H3,(H,18,19,20). The first-order chi connectivity index (χ1) is 11.5. The third-order valence-corrected chi connectivity index (χ3v) is 3.53. The number of nitro groups is 1. The Bertz CT molecular complexity index is 687. The van der Waals surface area contributed by atoms with Crippen molar-refractivity contribution in [3.05, 3.63) is 46.3 Å². The molecular formula is C17H22N4O3. The van der Waals surface area contributed by atoms with Gasteiger partial charge in [0, 0.05) is 6.54 Å². The highest BCUT2D eigenvalue weighted by Crippen LogP contribution is 2.34. The first kappa shape index (κ1) is 17.7. The van der Waals surface area contributed by atoms with E-state index in [0.717, 1.165) is 18.4 Å². The first-order valence-electron chi connectivity index (χ1n) is 8.01. The summed E-state index contributed by atoms with van der Waals surface area (Å²) < 4.78 is 5.61. The predicted octanol–water partition coefficient (Wildman–Crippen LogP) is 4.20. The van der Waals surface area contributed by atoms with Crippen LogP contribution in [0.2, 0.25) is 0 Å². The highest BCUT2D eigenvalue weighted by molar-refractivity contribution is 5.61. The molecule has 1 aromatic heterocycles. The molecule has 0 atom stereocenters. The van der Waals surface area contributed by atoms with E-state index in [9.17, 15) is 10.1 Å². The van der Waals surface area contributed by atoms with E-state index in [1.807, 2.05) is 12.1 Å². The molecule has 0 saturated heterocycles. The summed E-state index contributed by atoms with van der Waals surface area (Å²) in [5.74, 6) is 1.11. The van der Waals surface area contributed by atoms with E-state index in [1.54, 1.807) is 12.1 Å². The molecule has 0 amide bonds. The summed E-state index contributed by atoms with van der Waals surface area (Å²) in [7, 11) is 0. The smallest absolute Gasteiger partial charge is 0.373 e.